The van der Waals surface area contributed by atoms with E-state index >= 15 is 0 Å². The minimum atomic E-state index is -0.00285. The van der Waals surface area contributed by atoms with Crippen LogP contribution in [0.25, 0.3) is 0 Å². The minimum absolute atomic E-state index is 0.00285. The summed E-state index contributed by atoms with van der Waals surface area (Å²) in [4.78, 5) is 0. The molecule has 20 heavy (non-hydrogen) atoms. The zero-order valence-electron chi connectivity index (χ0n) is 12.9. The Hall–Kier alpha value is -0.620. The first-order chi connectivity index (χ1) is 9.33. The Balaban J connectivity index is 2.98. The number of halogens is 1. The lowest BCUT2D eigenvalue weighted by molar-refractivity contribution is -0.0111. The second-order valence-electron chi connectivity index (χ2n) is 5.96. The molecule has 0 spiro atoms. The van der Waals surface area contributed by atoms with Crippen LogP contribution in [0.2, 0.25) is 0 Å². The van der Waals surface area contributed by atoms with Gasteiger partial charge in [0.2, 0.25) is 0 Å². The highest BCUT2D eigenvalue weighted by atomic mass is 79.9. The Morgan fingerprint density at radius 2 is 1.95 bits per heavy atom. The predicted molar refractivity (Wildman–Crippen MR) is 85.8 cm³/mol. The Kier molecular flexibility index (Phi) is 6.45. The average Bonchev–Trinajstić information content (AvgIpc) is 2.39. The fourth-order valence-corrected chi connectivity index (χ4v) is 2.85. The van der Waals surface area contributed by atoms with Crippen molar-refractivity contribution in [3.63, 3.8) is 0 Å². The number of rotatable bonds is 6. The molecule has 0 aromatic heterocycles. The largest absolute Gasteiger partial charge is 0.497 e. The molecule has 4 nitrogen and oxygen atoms in total. The summed E-state index contributed by atoms with van der Waals surface area (Å²) in [7, 11) is 3.39. The zero-order chi connectivity index (χ0) is 15.3. The van der Waals surface area contributed by atoms with Crippen molar-refractivity contribution >= 4 is 15.9 Å². The molecule has 5 heteroatoms. The molecule has 0 aliphatic carbocycles. The van der Waals surface area contributed by atoms with Crippen LogP contribution in [0.3, 0.4) is 0 Å². The highest BCUT2D eigenvalue weighted by Crippen LogP contribution is 2.29. The van der Waals surface area contributed by atoms with Gasteiger partial charge < -0.3 is 9.47 Å². The van der Waals surface area contributed by atoms with Crippen molar-refractivity contribution in [3.8, 4) is 5.75 Å². The monoisotopic (exact) mass is 344 g/mol. The average molecular weight is 345 g/mol. The van der Waals surface area contributed by atoms with Gasteiger partial charge in [0.05, 0.1) is 19.3 Å². The smallest absolute Gasteiger partial charge is 0.119 e. The van der Waals surface area contributed by atoms with E-state index < -0.39 is 0 Å². The first kappa shape index (κ1) is 17.4. The number of hydrazine groups is 1. The van der Waals surface area contributed by atoms with Gasteiger partial charge in [-0.05, 0) is 35.6 Å². The summed E-state index contributed by atoms with van der Waals surface area (Å²) >= 11 is 3.57. The third kappa shape index (κ3) is 4.45. The summed E-state index contributed by atoms with van der Waals surface area (Å²) in [5.41, 5.74) is 4.02. The van der Waals surface area contributed by atoms with Crippen molar-refractivity contribution in [1.29, 1.82) is 0 Å². The van der Waals surface area contributed by atoms with E-state index in [1.165, 1.54) is 0 Å². The van der Waals surface area contributed by atoms with Crippen LogP contribution in [0.15, 0.2) is 22.7 Å². The van der Waals surface area contributed by atoms with E-state index in [1.807, 2.05) is 18.2 Å². The molecule has 1 aromatic rings. The third-order valence-corrected chi connectivity index (χ3v) is 4.15. The summed E-state index contributed by atoms with van der Waals surface area (Å²) in [5, 5.41) is 0. The topological polar surface area (TPSA) is 56.5 Å². The second kappa shape index (κ2) is 7.41. The van der Waals surface area contributed by atoms with Crippen LogP contribution in [-0.2, 0) is 11.2 Å². The fraction of sp³-hybridized carbons (Fsp3) is 0.600. The molecular formula is C15H25BrN2O2. The van der Waals surface area contributed by atoms with Crippen molar-refractivity contribution in [2.24, 2.45) is 11.3 Å². The molecule has 0 saturated carbocycles. The summed E-state index contributed by atoms with van der Waals surface area (Å²) in [6.45, 7) is 6.43. The molecule has 0 fully saturated rings. The SMILES string of the molecule is COc1ccc(Br)c(CC(NN)C(OC)C(C)(C)C)c1. The standard InChI is InChI=1S/C15H25BrN2O2/c1-15(2,3)14(20-5)13(18-17)9-10-8-11(19-4)6-7-12(10)16/h6-8,13-14,18H,9,17H2,1-5H3. The van der Waals surface area contributed by atoms with Gasteiger partial charge in [0.25, 0.3) is 0 Å². The molecule has 0 saturated heterocycles. The molecule has 114 valence electrons. The van der Waals surface area contributed by atoms with Crippen LogP contribution in [0.1, 0.15) is 26.3 Å². The van der Waals surface area contributed by atoms with Gasteiger partial charge in [-0.2, -0.15) is 0 Å². The predicted octanol–water partition coefficient (Wildman–Crippen LogP) is 2.89. The van der Waals surface area contributed by atoms with Gasteiger partial charge in [-0.1, -0.05) is 36.7 Å². The van der Waals surface area contributed by atoms with Crippen LogP contribution in [-0.4, -0.2) is 26.4 Å². The maximum atomic E-state index is 5.74. The number of nitrogens with two attached hydrogens (primary N) is 1. The Labute approximate surface area is 130 Å². The molecular weight excluding hydrogens is 320 g/mol. The van der Waals surface area contributed by atoms with E-state index in [1.54, 1.807) is 14.2 Å². The first-order valence-electron chi connectivity index (χ1n) is 6.64. The number of hydrogen-bond acceptors (Lipinski definition) is 4. The van der Waals surface area contributed by atoms with E-state index in [-0.39, 0.29) is 17.6 Å². The van der Waals surface area contributed by atoms with Gasteiger partial charge in [0.15, 0.2) is 0 Å². The Morgan fingerprint density at radius 3 is 2.40 bits per heavy atom. The minimum Gasteiger partial charge on any atom is -0.497 e. The molecule has 3 N–H and O–H groups in total. The van der Waals surface area contributed by atoms with E-state index in [0.717, 1.165) is 22.2 Å². The number of methoxy groups -OCH3 is 2. The van der Waals surface area contributed by atoms with Gasteiger partial charge in [-0.15, -0.1) is 0 Å². The van der Waals surface area contributed by atoms with E-state index in [0.29, 0.717) is 0 Å². The lowest BCUT2D eigenvalue weighted by Gasteiger charge is -2.35. The van der Waals surface area contributed by atoms with Gasteiger partial charge in [0.1, 0.15) is 5.75 Å². The van der Waals surface area contributed by atoms with E-state index in [4.69, 9.17) is 15.3 Å². The van der Waals surface area contributed by atoms with Crippen molar-refractivity contribution in [2.45, 2.75) is 39.3 Å². The quantitative estimate of drug-likeness (QED) is 0.615. The molecule has 0 amide bonds. The van der Waals surface area contributed by atoms with Gasteiger partial charge in [0, 0.05) is 11.6 Å². The maximum Gasteiger partial charge on any atom is 0.119 e. The third-order valence-electron chi connectivity index (χ3n) is 3.38. The van der Waals surface area contributed by atoms with Crippen LogP contribution in [0.4, 0.5) is 0 Å². The summed E-state index contributed by atoms with van der Waals surface area (Å²) in [5.74, 6) is 6.57. The highest BCUT2D eigenvalue weighted by molar-refractivity contribution is 9.10. The molecule has 0 aliphatic heterocycles. The van der Waals surface area contributed by atoms with Gasteiger partial charge in [-0.25, -0.2) is 0 Å². The molecule has 1 aromatic carbocycles. The van der Waals surface area contributed by atoms with Crippen LogP contribution < -0.4 is 16.0 Å². The molecule has 0 heterocycles. The maximum absolute atomic E-state index is 5.74. The summed E-state index contributed by atoms with van der Waals surface area (Å²) in [6.07, 6.45) is 0.759. The number of hydrogen-bond donors (Lipinski definition) is 2. The van der Waals surface area contributed by atoms with Crippen molar-refractivity contribution in [1.82, 2.24) is 5.43 Å². The van der Waals surface area contributed by atoms with Crippen molar-refractivity contribution in [2.75, 3.05) is 14.2 Å². The lowest BCUT2D eigenvalue weighted by Crippen LogP contribution is -2.51. The molecule has 0 aliphatic rings. The van der Waals surface area contributed by atoms with Crippen molar-refractivity contribution in [3.05, 3.63) is 28.2 Å². The number of ether oxygens (including phenoxy) is 2. The van der Waals surface area contributed by atoms with Crippen LogP contribution in [0, 0.1) is 5.41 Å². The highest BCUT2D eigenvalue weighted by Gasteiger charge is 2.32. The number of benzene rings is 1. The van der Waals surface area contributed by atoms with Gasteiger partial charge >= 0.3 is 0 Å². The number of nitrogens with one attached hydrogen (secondary N) is 1. The molecule has 0 radical (unpaired) electrons. The molecule has 0 bridgehead atoms. The van der Waals surface area contributed by atoms with Gasteiger partial charge in [-0.3, -0.25) is 11.3 Å². The summed E-state index contributed by atoms with van der Waals surface area (Å²) < 4.78 is 12.0. The lowest BCUT2D eigenvalue weighted by atomic mass is 9.82. The second-order valence-corrected chi connectivity index (χ2v) is 6.81. The molecule has 2 atom stereocenters. The Morgan fingerprint density at radius 1 is 1.30 bits per heavy atom. The summed E-state index contributed by atoms with van der Waals surface area (Å²) in [6, 6.07) is 5.95. The first-order valence-corrected chi connectivity index (χ1v) is 7.44. The van der Waals surface area contributed by atoms with Crippen LogP contribution >= 0.6 is 15.9 Å². The normalized spacial score (nSPS) is 14.9. The fourth-order valence-electron chi connectivity index (χ4n) is 2.45. The van der Waals surface area contributed by atoms with Crippen LogP contribution in [0.5, 0.6) is 5.75 Å². The molecule has 2 unspecified atom stereocenters. The zero-order valence-corrected chi connectivity index (χ0v) is 14.5. The van der Waals surface area contributed by atoms with Crippen molar-refractivity contribution < 1.29 is 9.47 Å². The van der Waals surface area contributed by atoms with E-state index in [9.17, 15) is 0 Å². The Bertz CT molecular complexity index is 432. The van der Waals surface area contributed by atoms with E-state index in [2.05, 4.69) is 42.1 Å². The molecule has 1 rings (SSSR count).